The molecule has 2 N–H and O–H groups in total. The third-order valence-electron chi connectivity index (χ3n) is 6.10. The molecular weight excluding hydrogens is 496 g/mol. The van der Waals surface area contributed by atoms with Crippen molar-refractivity contribution in [1.29, 1.82) is 0 Å². The minimum Gasteiger partial charge on any atom is -0.508 e. The number of aromatic hydroxyl groups is 1. The predicted octanol–water partition coefficient (Wildman–Crippen LogP) is 6.13. The highest BCUT2D eigenvalue weighted by Gasteiger charge is 2.42. The van der Waals surface area contributed by atoms with Crippen LogP contribution in [0.4, 0.5) is 5.69 Å². The summed E-state index contributed by atoms with van der Waals surface area (Å²) in [6.07, 6.45) is 1.82. The van der Waals surface area contributed by atoms with Crippen molar-refractivity contribution >= 4 is 38.9 Å². The number of hydrogen-bond donors (Lipinski definition) is 2. The van der Waals surface area contributed by atoms with E-state index in [0.29, 0.717) is 5.11 Å². The molecule has 1 aliphatic heterocycles. The van der Waals surface area contributed by atoms with E-state index in [4.69, 9.17) is 12.2 Å². The zero-order chi connectivity index (χ0) is 23.1. The molecule has 0 amide bonds. The van der Waals surface area contributed by atoms with Crippen LogP contribution in [0.1, 0.15) is 34.7 Å². The fourth-order valence-corrected chi connectivity index (χ4v) is 5.25. The fourth-order valence-electron chi connectivity index (χ4n) is 4.64. The van der Waals surface area contributed by atoms with Gasteiger partial charge in [-0.3, -0.25) is 4.98 Å². The van der Waals surface area contributed by atoms with Gasteiger partial charge in [0.25, 0.3) is 0 Å². The molecule has 4 aromatic rings. The van der Waals surface area contributed by atoms with Crippen LogP contribution < -0.4 is 10.2 Å². The molecule has 1 aliphatic rings. The van der Waals surface area contributed by atoms with Gasteiger partial charge in [0.1, 0.15) is 5.75 Å². The van der Waals surface area contributed by atoms with Crippen LogP contribution in [0, 0.1) is 13.8 Å². The van der Waals surface area contributed by atoms with E-state index in [1.165, 1.54) is 5.56 Å². The Morgan fingerprint density at radius 3 is 2.33 bits per heavy atom. The van der Waals surface area contributed by atoms with E-state index in [1.54, 1.807) is 12.1 Å². The minimum atomic E-state index is -0.101. The van der Waals surface area contributed by atoms with Gasteiger partial charge in [0, 0.05) is 33.4 Å². The largest absolute Gasteiger partial charge is 0.508 e. The number of aromatic nitrogens is 2. The van der Waals surface area contributed by atoms with E-state index >= 15 is 0 Å². The monoisotopic (exact) mass is 518 g/mol. The Balaban J connectivity index is 1.67. The summed E-state index contributed by atoms with van der Waals surface area (Å²) in [4.78, 5) is 6.83. The molecule has 2 aromatic heterocycles. The van der Waals surface area contributed by atoms with Crippen molar-refractivity contribution in [2.75, 3.05) is 4.90 Å². The molecule has 166 valence electrons. The number of rotatable bonds is 4. The number of pyridine rings is 1. The molecule has 2 aromatic carbocycles. The summed E-state index contributed by atoms with van der Waals surface area (Å²) in [5, 5.41) is 13.9. The summed E-state index contributed by atoms with van der Waals surface area (Å²) in [6, 6.07) is 23.5. The average Bonchev–Trinajstić information content (AvgIpc) is 3.31. The maximum Gasteiger partial charge on any atom is 0.174 e. The standard InChI is InChI=1S/C26H23BrN4OS/c1-16-15-22(17(2)30(16)19-10-12-21(32)13-11-19)25-24(23-5-3-4-14-28-23)29-26(33)31(25)20-8-6-18(27)7-9-20/h3-15,24-25,32H,1-2H3,(H,29,33)/t24-,25+/m0/s1. The van der Waals surface area contributed by atoms with Crippen molar-refractivity contribution < 1.29 is 5.11 Å². The molecule has 3 heterocycles. The number of halogens is 1. The van der Waals surface area contributed by atoms with Crippen molar-refractivity contribution in [2.45, 2.75) is 25.9 Å². The van der Waals surface area contributed by atoms with Gasteiger partial charge in [0.05, 0.1) is 17.8 Å². The molecule has 0 saturated carbocycles. The molecule has 1 fully saturated rings. The van der Waals surface area contributed by atoms with Gasteiger partial charge in [-0.2, -0.15) is 0 Å². The van der Waals surface area contributed by atoms with Crippen molar-refractivity contribution in [3.05, 3.63) is 106 Å². The van der Waals surface area contributed by atoms with Crippen LogP contribution >= 0.6 is 28.1 Å². The summed E-state index contributed by atoms with van der Waals surface area (Å²) >= 11 is 9.38. The number of nitrogens with zero attached hydrogens (tertiary/aromatic N) is 3. The smallest absolute Gasteiger partial charge is 0.174 e. The van der Waals surface area contributed by atoms with Crippen LogP contribution in [0.25, 0.3) is 5.69 Å². The van der Waals surface area contributed by atoms with E-state index in [2.05, 4.69) is 67.7 Å². The van der Waals surface area contributed by atoms with Crippen LogP contribution in [0.5, 0.6) is 5.75 Å². The third kappa shape index (κ3) is 3.92. The normalized spacial score (nSPS) is 17.9. The van der Waals surface area contributed by atoms with Gasteiger partial charge in [-0.05, 0) is 98.4 Å². The SMILES string of the molecule is Cc1cc([C@@H]2[C@H](c3ccccn3)NC(=S)N2c2ccc(Br)cc2)c(C)n1-c1ccc(O)cc1. The van der Waals surface area contributed by atoms with Gasteiger partial charge in [0.15, 0.2) is 5.11 Å². The molecule has 0 aliphatic carbocycles. The molecule has 5 rings (SSSR count). The van der Waals surface area contributed by atoms with Crippen molar-refractivity contribution in [3.63, 3.8) is 0 Å². The summed E-state index contributed by atoms with van der Waals surface area (Å²) in [7, 11) is 0. The Kier molecular flexibility index (Phi) is 5.68. The number of anilines is 1. The highest BCUT2D eigenvalue weighted by molar-refractivity contribution is 9.10. The summed E-state index contributed by atoms with van der Waals surface area (Å²) in [6.45, 7) is 4.23. The molecule has 7 heteroatoms. The summed E-state index contributed by atoms with van der Waals surface area (Å²) < 4.78 is 3.23. The Hall–Kier alpha value is -3.16. The number of benzene rings is 2. The zero-order valence-corrected chi connectivity index (χ0v) is 20.6. The Labute approximate surface area is 206 Å². The molecule has 1 saturated heterocycles. The topological polar surface area (TPSA) is 53.3 Å². The van der Waals surface area contributed by atoms with Gasteiger partial charge in [-0.25, -0.2) is 0 Å². The lowest BCUT2D eigenvalue weighted by atomic mass is 9.96. The summed E-state index contributed by atoms with van der Waals surface area (Å²) in [5.74, 6) is 0.253. The molecule has 0 radical (unpaired) electrons. The van der Waals surface area contributed by atoms with Gasteiger partial charge in [-0.1, -0.05) is 22.0 Å². The predicted molar refractivity (Wildman–Crippen MR) is 139 cm³/mol. The van der Waals surface area contributed by atoms with Gasteiger partial charge in [0.2, 0.25) is 0 Å². The Morgan fingerprint density at radius 2 is 1.67 bits per heavy atom. The first-order chi connectivity index (χ1) is 15.9. The third-order valence-corrected chi connectivity index (χ3v) is 6.94. The molecule has 0 unspecified atom stereocenters. The van der Waals surface area contributed by atoms with E-state index < -0.39 is 0 Å². The minimum absolute atomic E-state index is 0.0781. The first-order valence-corrected chi connectivity index (χ1v) is 11.9. The molecule has 0 spiro atoms. The molecule has 5 nitrogen and oxygen atoms in total. The van der Waals surface area contributed by atoms with Crippen molar-refractivity contribution in [2.24, 2.45) is 0 Å². The second-order valence-electron chi connectivity index (χ2n) is 8.15. The molecule has 33 heavy (non-hydrogen) atoms. The highest BCUT2D eigenvalue weighted by Crippen LogP contribution is 2.43. The number of phenols is 1. The second kappa shape index (κ2) is 8.65. The van der Waals surface area contributed by atoms with Gasteiger partial charge in [-0.15, -0.1) is 0 Å². The molecular formula is C26H23BrN4OS. The van der Waals surface area contributed by atoms with E-state index in [-0.39, 0.29) is 17.8 Å². The van der Waals surface area contributed by atoms with Gasteiger partial charge < -0.3 is 19.9 Å². The van der Waals surface area contributed by atoms with Crippen LogP contribution in [0.15, 0.2) is 83.5 Å². The van der Waals surface area contributed by atoms with E-state index in [9.17, 15) is 5.11 Å². The van der Waals surface area contributed by atoms with E-state index in [1.807, 2.05) is 48.7 Å². The maximum atomic E-state index is 9.74. The summed E-state index contributed by atoms with van der Waals surface area (Å²) in [5.41, 5.74) is 6.38. The average molecular weight is 519 g/mol. The van der Waals surface area contributed by atoms with Gasteiger partial charge >= 0.3 is 0 Å². The second-order valence-corrected chi connectivity index (χ2v) is 9.45. The lowest BCUT2D eigenvalue weighted by Crippen LogP contribution is -2.29. The first kappa shape index (κ1) is 21.7. The van der Waals surface area contributed by atoms with Crippen LogP contribution in [0.2, 0.25) is 0 Å². The lowest BCUT2D eigenvalue weighted by molar-refractivity contribution is 0.475. The number of aryl methyl sites for hydroxylation is 1. The quantitative estimate of drug-likeness (QED) is 0.318. The highest BCUT2D eigenvalue weighted by atomic mass is 79.9. The number of hydrogen-bond acceptors (Lipinski definition) is 3. The lowest BCUT2D eigenvalue weighted by Gasteiger charge is -2.28. The van der Waals surface area contributed by atoms with E-state index in [0.717, 1.165) is 32.9 Å². The van der Waals surface area contributed by atoms with Crippen LogP contribution in [0.3, 0.4) is 0 Å². The molecule has 2 atom stereocenters. The number of nitrogens with one attached hydrogen (secondary N) is 1. The fraction of sp³-hybridized carbons (Fsp3) is 0.154. The zero-order valence-electron chi connectivity index (χ0n) is 18.2. The van der Waals surface area contributed by atoms with Crippen molar-refractivity contribution in [3.8, 4) is 11.4 Å². The Bertz CT molecular complexity index is 1300. The van der Waals surface area contributed by atoms with Crippen LogP contribution in [-0.4, -0.2) is 19.8 Å². The molecule has 0 bridgehead atoms. The number of phenolic OH excluding ortho intramolecular Hbond substituents is 1. The van der Waals surface area contributed by atoms with Crippen molar-refractivity contribution in [1.82, 2.24) is 14.9 Å². The Morgan fingerprint density at radius 1 is 0.970 bits per heavy atom. The number of thiocarbonyl (C=S) groups is 1. The van der Waals surface area contributed by atoms with Crippen LogP contribution in [-0.2, 0) is 0 Å². The first-order valence-electron chi connectivity index (χ1n) is 10.7. The maximum absolute atomic E-state index is 9.74.